The fourth-order valence-electron chi connectivity index (χ4n) is 3.62. The molecule has 2 radical (unpaired) electrons. The predicted octanol–water partition coefficient (Wildman–Crippen LogP) is 1.81. The van der Waals surface area contributed by atoms with E-state index in [0.717, 1.165) is 23.0 Å². The summed E-state index contributed by atoms with van der Waals surface area (Å²) in [7, 11) is 7.73. The first kappa shape index (κ1) is 20.9. The second-order valence-corrected chi connectivity index (χ2v) is 7.52. The lowest BCUT2D eigenvalue weighted by molar-refractivity contribution is -0.114. The van der Waals surface area contributed by atoms with Gasteiger partial charge in [-0.15, -0.1) is 0 Å². The molecule has 1 amide bonds. The van der Waals surface area contributed by atoms with Crippen molar-refractivity contribution >= 4 is 36.0 Å². The number of dihydropyridines is 1. The highest BCUT2D eigenvalue weighted by Crippen LogP contribution is 2.28. The fraction of sp³-hybridized carbons (Fsp3) is 0.381. The molecule has 7 nitrogen and oxygen atoms in total. The number of hydrogen-bond acceptors (Lipinski definition) is 5. The molecule has 3 N–H and O–H groups in total. The summed E-state index contributed by atoms with van der Waals surface area (Å²) in [4.78, 5) is 28.5. The number of amides is 1. The van der Waals surface area contributed by atoms with Gasteiger partial charge < -0.3 is 20.3 Å². The van der Waals surface area contributed by atoms with Crippen LogP contribution in [0, 0.1) is 0 Å². The van der Waals surface area contributed by atoms with E-state index in [4.69, 9.17) is 7.85 Å². The molecule has 1 aliphatic rings. The summed E-state index contributed by atoms with van der Waals surface area (Å²) in [5.41, 5.74) is 1.24. The Morgan fingerprint density at radius 3 is 2.79 bits per heavy atom. The van der Waals surface area contributed by atoms with Crippen molar-refractivity contribution in [2.75, 3.05) is 5.32 Å². The first-order valence-corrected chi connectivity index (χ1v) is 9.58. The van der Waals surface area contributed by atoms with Gasteiger partial charge in [0.25, 0.3) is 5.56 Å². The molecule has 2 aromatic heterocycles. The van der Waals surface area contributed by atoms with Gasteiger partial charge in [0, 0.05) is 54.5 Å². The van der Waals surface area contributed by atoms with E-state index in [-0.39, 0.29) is 11.5 Å². The van der Waals surface area contributed by atoms with Crippen LogP contribution in [0.1, 0.15) is 39.2 Å². The molecule has 0 bridgehead atoms. The van der Waals surface area contributed by atoms with Crippen molar-refractivity contribution in [3.63, 3.8) is 0 Å². The molecule has 2 unspecified atom stereocenters. The largest absolute Gasteiger partial charge is 0.397 e. The Bertz CT molecular complexity index is 1090. The van der Waals surface area contributed by atoms with Crippen molar-refractivity contribution in [2.24, 2.45) is 7.05 Å². The van der Waals surface area contributed by atoms with E-state index in [9.17, 15) is 14.7 Å². The Kier molecular flexibility index (Phi) is 5.66. The van der Waals surface area contributed by atoms with Crippen molar-refractivity contribution in [3.05, 3.63) is 52.1 Å². The van der Waals surface area contributed by atoms with E-state index in [2.05, 4.69) is 15.6 Å². The molecule has 2 aromatic rings. The van der Waals surface area contributed by atoms with Gasteiger partial charge in [-0.05, 0) is 25.0 Å². The van der Waals surface area contributed by atoms with Gasteiger partial charge in [-0.3, -0.25) is 9.59 Å². The van der Waals surface area contributed by atoms with Gasteiger partial charge in [0.2, 0.25) is 5.91 Å². The lowest BCUT2D eigenvalue weighted by Crippen LogP contribution is -2.49. The third-order valence-corrected chi connectivity index (χ3v) is 5.14. The zero-order valence-corrected chi connectivity index (χ0v) is 17.1. The smallest absolute Gasteiger partial charge is 0.258 e. The molecule has 8 heteroatoms. The lowest BCUT2D eigenvalue weighted by atomic mass is 9.71. The van der Waals surface area contributed by atoms with Crippen LogP contribution >= 0.6 is 0 Å². The average molecular weight is 392 g/mol. The van der Waals surface area contributed by atoms with Crippen molar-refractivity contribution in [2.45, 2.75) is 45.2 Å². The van der Waals surface area contributed by atoms with Crippen molar-refractivity contribution in [1.29, 1.82) is 0 Å². The molecule has 150 valence electrons. The van der Waals surface area contributed by atoms with Gasteiger partial charge in [0.1, 0.15) is 13.7 Å². The third kappa shape index (κ3) is 4.12. The zero-order valence-electron chi connectivity index (χ0n) is 17.1. The predicted molar refractivity (Wildman–Crippen MR) is 116 cm³/mol. The van der Waals surface area contributed by atoms with Gasteiger partial charge >= 0.3 is 0 Å². The number of aryl methyl sites for hydroxylation is 1. The van der Waals surface area contributed by atoms with E-state index in [1.807, 2.05) is 19.9 Å². The number of aliphatic hydroxyl groups is 1. The quantitative estimate of drug-likeness (QED) is 0.675. The first-order valence-electron chi connectivity index (χ1n) is 9.58. The highest BCUT2D eigenvalue weighted by atomic mass is 16.3. The van der Waals surface area contributed by atoms with E-state index >= 15 is 0 Å². The van der Waals surface area contributed by atoms with E-state index in [1.165, 1.54) is 11.5 Å². The summed E-state index contributed by atoms with van der Waals surface area (Å²) in [5.74, 6) is 0.165. The highest BCUT2D eigenvalue weighted by Gasteiger charge is 2.30. The Morgan fingerprint density at radius 1 is 1.45 bits per heavy atom. The molecule has 0 saturated heterocycles. The number of nitrogens with one attached hydrogen (secondary N) is 2. The van der Waals surface area contributed by atoms with Crippen LogP contribution in [0.4, 0.5) is 5.82 Å². The van der Waals surface area contributed by atoms with Gasteiger partial charge in [0.05, 0.1) is 11.6 Å². The van der Waals surface area contributed by atoms with Crippen LogP contribution in [0.5, 0.6) is 0 Å². The van der Waals surface area contributed by atoms with Crippen LogP contribution in [-0.4, -0.2) is 40.0 Å². The fourth-order valence-corrected chi connectivity index (χ4v) is 3.62. The summed E-state index contributed by atoms with van der Waals surface area (Å²) in [6, 6.07) is 3.03. The molecule has 2 atom stereocenters. The molecule has 3 rings (SSSR count). The van der Waals surface area contributed by atoms with Gasteiger partial charge in [0.15, 0.2) is 0 Å². The summed E-state index contributed by atoms with van der Waals surface area (Å²) >= 11 is 0. The summed E-state index contributed by atoms with van der Waals surface area (Å²) in [5, 5.41) is 17.0. The van der Waals surface area contributed by atoms with E-state index in [1.54, 1.807) is 31.6 Å². The Labute approximate surface area is 170 Å². The third-order valence-electron chi connectivity index (χ3n) is 5.14. The van der Waals surface area contributed by atoms with Gasteiger partial charge in [-0.1, -0.05) is 19.4 Å². The van der Waals surface area contributed by atoms with E-state index in [0.29, 0.717) is 23.3 Å². The van der Waals surface area contributed by atoms with Crippen LogP contribution in [-0.2, 0) is 11.8 Å². The molecule has 29 heavy (non-hydrogen) atoms. The van der Waals surface area contributed by atoms with E-state index < -0.39 is 11.5 Å². The second kappa shape index (κ2) is 7.87. The maximum atomic E-state index is 13.0. The minimum Gasteiger partial charge on any atom is -0.397 e. The number of anilines is 1. The number of allylic oxidation sites excluding steroid dienone is 2. The Hall–Kier alpha value is -2.87. The average Bonchev–Trinajstić information content (AvgIpc) is 2.65. The minimum absolute atomic E-state index is 0.173. The highest BCUT2D eigenvalue weighted by molar-refractivity contribution is 6.15. The number of fused-ring (bicyclic) bond motifs is 1. The maximum Gasteiger partial charge on any atom is 0.258 e. The molecule has 1 aliphatic heterocycles. The van der Waals surface area contributed by atoms with Crippen LogP contribution in [0.15, 0.2) is 41.0 Å². The van der Waals surface area contributed by atoms with Gasteiger partial charge in [-0.25, -0.2) is 4.98 Å². The molecule has 0 aromatic carbocycles. The summed E-state index contributed by atoms with van der Waals surface area (Å²) in [6.07, 6.45) is 6.43. The summed E-state index contributed by atoms with van der Waals surface area (Å²) in [6.45, 7) is 5.26. The molecule has 0 fully saturated rings. The van der Waals surface area contributed by atoms with Gasteiger partial charge in [-0.2, -0.15) is 0 Å². The first-order chi connectivity index (χ1) is 13.6. The van der Waals surface area contributed by atoms with Crippen molar-refractivity contribution < 1.29 is 9.90 Å². The topological polar surface area (TPSA) is 96.2 Å². The monoisotopic (exact) mass is 392 g/mol. The molecule has 0 aliphatic carbocycles. The maximum absolute atomic E-state index is 13.0. The number of aromatic nitrogens is 2. The Morgan fingerprint density at radius 2 is 2.17 bits per heavy atom. The van der Waals surface area contributed by atoms with Crippen molar-refractivity contribution in [3.8, 4) is 0 Å². The summed E-state index contributed by atoms with van der Waals surface area (Å²) < 4.78 is 1.54. The molecule has 0 saturated carbocycles. The Balaban J connectivity index is 2.02. The molecule has 3 heterocycles. The molecular weight excluding hydrogens is 367 g/mol. The van der Waals surface area contributed by atoms with Crippen molar-refractivity contribution in [1.82, 2.24) is 14.9 Å². The van der Waals surface area contributed by atoms with Crippen LogP contribution < -0.4 is 16.2 Å². The number of rotatable bonds is 5. The number of carbonyl (C=O) groups excluding carboxylic acids is 1. The van der Waals surface area contributed by atoms with Crippen LogP contribution in [0.3, 0.4) is 0 Å². The van der Waals surface area contributed by atoms with Crippen LogP contribution in [0.25, 0.3) is 16.5 Å². The second-order valence-electron chi connectivity index (χ2n) is 7.52. The minimum atomic E-state index is -1.36. The SMILES string of the molecule is [B]C(O)(CCC)C1C=C(C)C(c2cc3cnc(NC(C)=O)cc3n(C)c2=O)=CN1. The molecule has 0 spiro atoms. The molecular formula is C21H25BN4O3. The number of nitrogens with zero attached hydrogens (tertiary/aromatic N) is 2. The van der Waals surface area contributed by atoms with Crippen LogP contribution in [0.2, 0.25) is 0 Å². The number of pyridine rings is 2. The number of hydrogen-bond donors (Lipinski definition) is 3. The standard InChI is InChI=1S/C21H25BN4O3/c1-5-6-21(22,29)18-7-12(2)16(11-23-18)15-8-14-10-24-19(25-13(3)27)9-17(14)26(4)20(15)28/h7-11,18,23,29H,5-6H2,1-4H3,(H,24,25,27). The number of carbonyl (C=O) groups is 1. The normalized spacial score (nSPS) is 18.4. The lowest BCUT2D eigenvalue weighted by Gasteiger charge is -2.35. The zero-order chi connectivity index (χ0) is 21.3.